The molecule has 0 unspecified atom stereocenters. The summed E-state index contributed by atoms with van der Waals surface area (Å²) >= 11 is 0. The van der Waals surface area contributed by atoms with Gasteiger partial charge in [0.05, 0.1) is 6.04 Å². The fourth-order valence-corrected chi connectivity index (χ4v) is 2.77. The molecule has 1 aromatic carbocycles. The number of hydrogen-bond donors (Lipinski definition) is 2. The third-order valence-corrected chi connectivity index (χ3v) is 3.89. The largest absolute Gasteiger partial charge is 0.464 e. The molecular weight excluding hydrogens is 264 g/mol. The van der Waals surface area contributed by atoms with Gasteiger partial charge in [-0.05, 0) is 68.5 Å². The van der Waals surface area contributed by atoms with Crippen LogP contribution in [0.15, 0.2) is 34.7 Å². The molecule has 21 heavy (non-hydrogen) atoms. The van der Waals surface area contributed by atoms with Crippen molar-refractivity contribution in [3.8, 4) is 0 Å². The van der Waals surface area contributed by atoms with Gasteiger partial charge in [0.1, 0.15) is 11.5 Å². The van der Waals surface area contributed by atoms with Crippen LogP contribution in [0.4, 0.5) is 10.5 Å². The Morgan fingerprint density at radius 1 is 1.19 bits per heavy atom. The van der Waals surface area contributed by atoms with Crippen LogP contribution in [0.5, 0.6) is 0 Å². The first kappa shape index (κ1) is 13.7. The average Bonchev–Trinajstić information content (AvgIpc) is 3.06. The molecule has 0 bridgehead atoms. The van der Waals surface area contributed by atoms with Crippen molar-refractivity contribution >= 4 is 11.7 Å². The standard InChI is InChI=1S/C17H20N2O2/c1-11-6-9-16(21-11)12(2)18-17(20)19-15-8-7-13-4-3-5-14(13)10-15/h6-10,12H,3-5H2,1-2H3,(H2,18,19,20)/t12-/m1/s1. The van der Waals surface area contributed by atoms with Crippen LogP contribution in [-0.2, 0) is 12.8 Å². The second kappa shape index (κ2) is 5.64. The van der Waals surface area contributed by atoms with E-state index in [2.05, 4.69) is 22.8 Å². The summed E-state index contributed by atoms with van der Waals surface area (Å²) in [6.07, 6.45) is 3.46. The first-order valence-corrected chi connectivity index (χ1v) is 7.37. The predicted molar refractivity (Wildman–Crippen MR) is 82.5 cm³/mol. The van der Waals surface area contributed by atoms with Crippen LogP contribution < -0.4 is 10.6 Å². The van der Waals surface area contributed by atoms with E-state index in [4.69, 9.17) is 4.42 Å². The van der Waals surface area contributed by atoms with Gasteiger partial charge < -0.3 is 15.1 Å². The normalized spacial score (nSPS) is 14.6. The molecule has 2 N–H and O–H groups in total. The van der Waals surface area contributed by atoms with Crippen molar-refractivity contribution in [1.29, 1.82) is 0 Å². The highest BCUT2D eigenvalue weighted by molar-refractivity contribution is 5.89. The molecule has 2 amide bonds. The molecule has 0 saturated heterocycles. The van der Waals surface area contributed by atoms with E-state index in [1.807, 2.05) is 32.0 Å². The second-order valence-electron chi connectivity index (χ2n) is 5.61. The number of nitrogens with one attached hydrogen (secondary N) is 2. The van der Waals surface area contributed by atoms with E-state index in [9.17, 15) is 4.79 Å². The van der Waals surface area contributed by atoms with Gasteiger partial charge in [0, 0.05) is 5.69 Å². The zero-order valence-corrected chi connectivity index (χ0v) is 12.4. The SMILES string of the molecule is Cc1ccc([C@@H](C)NC(=O)Nc2ccc3c(c2)CCC3)o1. The van der Waals surface area contributed by atoms with E-state index in [0.29, 0.717) is 0 Å². The minimum absolute atomic E-state index is 0.159. The van der Waals surface area contributed by atoms with Gasteiger partial charge in [0.25, 0.3) is 0 Å². The highest BCUT2D eigenvalue weighted by Gasteiger charge is 2.14. The smallest absolute Gasteiger partial charge is 0.319 e. The summed E-state index contributed by atoms with van der Waals surface area (Å²) in [5, 5.41) is 5.77. The molecule has 0 aliphatic heterocycles. The molecule has 1 aliphatic rings. The van der Waals surface area contributed by atoms with Crippen LogP contribution in [-0.4, -0.2) is 6.03 Å². The molecule has 1 aromatic heterocycles. The van der Waals surface area contributed by atoms with Crippen molar-refractivity contribution in [2.24, 2.45) is 0 Å². The van der Waals surface area contributed by atoms with Crippen molar-refractivity contribution in [3.63, 3.8) is 0 Å². The molecule has 110 valence electrons. The van der Waals surface area contributed by atoms with Crippen LogP contribution in [0.2, 0.25) is 0 Å². The summed E-state index contributed by atoms with van der Waals surface area (Å²) in [5.74, 6) is 1.61. The molecule has 4 nitrogen and oxygen atoms in total. The van der Waals surface area contributed by atoms with Gasteiger partial charge in [-0.3, -0.25) is 0 Å². The van der Waals surface area contributed by atoms with Gasteiger partial charge in [0.2, 0.25) is 0 Å². The summed E-state index contributed by atoms with van der Waals surface area (Å²) in [7, 11) is 0. The molecule has 1 atom stereocenters. The Bertz CT molecular complexity index is 661. The van der Waals surface area contributed by atoms with E-state index < -0.39 is 0 Å². The predicted octanol–water partition coefficient (Wildman–Crippen LogP) is 3.96. The summed E-state index contributed by atoms with van der Waals surface area (Å²) in [6.45, 7) is 3.79. The molecule has 3 rings (SSSR count). The van der Waals surface area contributed by atoms with Gasteiger partial charge in [-0.15, -0.1) is 0 Å². The number of urea groups is 1. The quantitative estimate of drug-likeness (QED) is 0.896. The maximum Gasteiger partial charge on any atom is 0.319 e. The van der Waals surface area contributed by atoms with Crippen LogP contribution in [0.1, 0.15) is 42.0 Å². The lowest BCUT2D eigenvalue weighted by Gasteiger charge is -2.13. The van der Waals surface area contributed by atoms with Crippen LogP contribution >= 0.6 is 0 Å². The molecule has 0 fully saturated rings. The van der Waals surface area contributed by atoms with E-state index >= 15 is 0 Å². The topological polar surface area (TPSA) is 54.3 Å². The monoisotopic (exact) mass is 284 g/mol. The molecule has 2 aromatic rings. The van der Waals surface area contributed by atoms with Crippen molar-refractivity contribution in [2.45, 2.75) is 39.2 Å². The number of carbonyl (C=O) groups excluding carboxylic acids is 1. The Morgan fingerprint density at radius 3 is 2.76 bits per heavy atom. The first-order chi connectivity index (χ1) is 10.1. The van der Waals surface area contributed by atoms with Crippen molar-refractivity contribution < 1.29 is 9.21 Å². The Kier molecular flexibility index (Phi) is 3.69. The van der Waals surface area contributed by atoms with Gasteiger partial charge in [-0.2, -0.15) is 0 Å². The molecule has 1 aliphatic carbocycles. The number of anilines is 1. The zero-order valence-electron chi connectivity index (χ0n) is 12.4. The minimum atomic E-state index is -0.213. The van der Waals surface area contributed by atoms with Crippen molar-refractivity contribution in [1.82, 2.24) is 5.32 Å². The zero-order chi connectivity index (χ0) is 14.8. The summed E-state index contributed by atoms with van der Waals surface area (Å²) < 4.78 is 5.51. The van der Waals surface area contributed by atoms with Crippen LogP contribution in [0, 0.1) is 6.92 Å². The van der Waals surface area contributed by atoms with Crippen LogP contribution in [0.25, 0.3) is 0 Å². The minimum Gasteiger partial charge on any atom is -0.464 e. The molecule has 4 heteroatoms. The highest BCUT2D eigenvalue weighted by atomic mass is 16.3. The van der Waals surface area contributed by atoms with Crippen LogP contribution in [0.3, 0.4) is 0 Å². The number of benzene rings is 1. The summed E-state index contributed by atoms with van der Waals surface area (Å²) in [4.78, 5) is 12.0. The Hall–Kier alpha value is -2.23. The molecule has 0 radical (unpaired) electrons. The number of furan rings is 1. The van der Waals surface area contributed by atoms with Gasteiger partial charge >= 0.3 is 6.03 Å². The number of fused-ring (bicyclic) bond motifs is 1. The Morgan fingerprint density at radius 2 is 2.00 bits per heavy atom. The Balaban J connectivity index is 1.61. The number of amides is 2. The van der Waals surface area contributed by atoms with Gasteiger partial charge in [-0.1, -0.05) is 6.07 Å². The van der Waals surface area contributed by atoms with E-state index in [0.717, 1.165) is 30.0 Å². The summed E-state index contributed by atoms with van der Waals surface area (Å²) in [6, 6.07) is 9.55. The lowest BCUT2D eigenvalue weighted by molar-refractivity contribution is 0.247. The van der Waals surface area contributed by atoms with Gasteiger partial charge in [0.15, 0.2) is 0 Å². The third-order valence-electron chi connectivity index (χ3n) is 3.89. The molecule has 0 spiro atoms. The van der Waals surface area contributed by atoms with Crippen molar-refractivity contribution in [3.05, 3.63) is 53.0 Å². The highest BCUT2D eigenvalue weighted by Crippen LogP contribution is 2.25. The second-order valence-corrected chi connectivity index (χ2v) is 5.61. The lowest BCUT2D eigenvalue weighted by Crippen LogP contribution is -2.31. The van der Waals surface area contributed by atoms with Crippen molar-refractivity contribution in [2.75, 3.05) is 5.32 Å². The first-order valence-electron chi connectivity index (χ1n) is 7.37. The number of hydrogen-bond acceptors (Lipinski definition) is 2. The molecule has 0 saturated carbocycles. The number of aryl methyl sites for hydroxylation is 3. The third kappa shape index (κ3) is 3.10. The average molecular weight is 284 g/mol. The Labute approximate surface area is 124 Å². The fourth-order valence-electron chi connectivity index (χ4n) is 2.77. The summed E-state index contributed by atoms with van der Waals surface area (Å²) in [5.41, 5.74) is 3.60. The molecule has 1 heterocycles. The maximum absolute atomic E-state index is 12.0. The van der Waals surface area contributed by atoms with Gasteiger partial charge in [-0.25, -0.2) is 4.79 Å². The number of rotatable bonds is 3. The van der Waals surface area contributed by atoms with E-state index in [1.165, 1.54) is 17.5 Å². The van der Waals surface area contributed by atoms with E-state index in [1.54, 1.807) is 0 Å². The maximum atomic E-state index is 12.0. The van der Waals surface area contributed by atoms with E-state index in [-0.39, 0.29) is 12.1 Å². The molecular formula is C17H20N2O2. The fraction of sp³-hybridized carbons (Fsp3) is 0.353. The lowest BCUT2D eigenvalue weighted by atomic mass is 10.1. The number of carbonyl (C=O) groups is 1.